The number of hydrogen-bond acceptors (Lipinski definition) is 7. The number of carbonyl (C=O) groups is 1. The van der Waals surface area contributed by atoms with Gasteiger partial charge in [-0.15, -0.1) is 10.2 Å². The fourth-order valence-corrected chi connectivity index (χ4v) is 3.08. The summed E-state index contributed by atoms with van der Waals surface area (Å²) in [5.41, 5.74) is 3.78. The number of nitrogens with one attached hydrogen (secondary N) is 1. The van der Waals surface area contributed by atoms with Crippen molar-refractivity contribution in [2.24, 2.45) is 10.2 Å². The molecule has 0 aliphatic heterocycles. The molecule has 2 N–H and O–H groups in total. The summed E-state index contributed by atoms with van der Waals surface area (Å²) in [6.45, 7) is 3.67. The quantitative estimate of drug-likeness (QED) is 0.351. The third-order valence-electron chi connectivity index (χ3n) is 4.56. The van der Waals surface area contributed by atoms with Crippen molar-refractivity contribution in [2.45, 2.75) is 13.8 Å². The lowest BCUT2D eigenvalue weighted by molar-refractivity contribution is 0.0524. The number of H-pyrrole nitrogens is 1. The van der Waals surface area contributed by atoms with E-state index >= 15 is 0 Å². The molecule has 0 atom stereocenters. The van der Waals surface area contributed by atoms with Gasteiger partial charge in [0.2, 0.25) is 5.88 Å². The number of nitrogens with zero attached hydrogens (tertiary/aromatic N) is 4. The van der Waals surface area contributed by atoms with Gasteiger partial charge in [0.15, 0.2) is 5.69 Å². The van der Waals surface area contributed by atoms with Crippen molar-refractivity contribution in [3.8, 4) is 17.0 Å². The molecule has 0 aliphatic carbocycles. The van der Waals surface area contributed by atoms with Crippen LogP contribution in [-0.4, -0.2) is 32.6 Å². The number of aryl methyl sites for hydroxylation is 1. The second-order valence-electron chi connectivity index (χ2n) is 6.54. The second-order valence-corrected chi connectivity index (χ2v) is 6.54. The summed E-state index contributed by atoms with van der Waals surface area (Å²) in [6, 6.07) is 15.7. The van der Waals surface area contributed by atoms with Crippen LogP contribution in [0, 0.1) is 6.92 Å². The molecule has 4 aromatic rings. The van der Waals surface area contributed by atoms with E-state index in [0.29, 0.717) is 11.4 Å². The SMILES string of the molecule is CCOC(=O)c1cnc(N=Nc2c(O)[nH]c3ccc(-c4ccccc4)cc23)nc1C. The molecule has 0 bridgehead atoms. The highest BCUT2D eigenvalue weighted by Gasteiger charge is 2.14. The van der Waals surface area contributed by atoms with Crippen molar-refractivity contribution in [2.75, 3.05) is 6.61 Å². The highest BCUT2D eigenvalue weighted by molar-refractivity contribution is 5.97. The molecule has 0 radical (unpaired) electrons. The maximum atomic E-state index is 11.9. The Labute approximate surface area is 172 Å². The summed E-state index contributed by atoms with van der Waals surface area (Å²) in [5, 5.41) is 19.2. The summed E-state index contributed by atoms with van der Waals surface area (Å²) >= 11 is 0. The normalized spacial score (nSPS) is 11.3. The number of rotatable bonds is 5. The van der Waals surface area contributed by atoms with Gasteiger partial charge in [0.25, 0.3) is 5.95 Å². The first-order chi connectivity index (χ1) is 14.6. The molecule has 150 valence electrons. The first kappa shape index (κ1) is 19.3. The standard InChI is InChI=1S/C22H19N5O3/c1-3-30-21(29)17-12-23-22(24-13(17)2)27-26-19-16-11-15(14-7-5-4-6-8-14)9-10-18(16)25-20(19)28/h4-12,25,28H,3H2,1-2H3. The number of azo groups is 1. The third-order valence-corrected chi connectivity index (χ3v) is 4.56. The predicted molar refractivity (Wildman–Crippen MR) is 112 cm³/mol. The van der Waals surface area contributed by atoms with E-state index in [0.717, 1.165) is 22.0 Å². The number of fused-ring (bicyclic) bond motifs is 1. The maximum absolute atomic E-state index is 11.9. The first-order valence-electron chi connectivity index (χ1n) is 9.39. The Bertz CT molecular complexity index is 1250. The minimum absolute atomic E-state index is 0.0773. The highest BCUT2D eigenvalue weighted by Crippen LogP contribution is 2.38. The summed E-state index contributed by atoms with van der Waals surface area (Å²) in [5.74, 6) is -0.506. The van der Waals surface area contributed by atoms with Crippen LogP contribution in [0.3, 0.4) is 0 Å². The Hall–Kier alpha value is -4.07. The van der Waals surface area contributed by atoms with Crippen LogP contribution in [0.2, 0.25) is 0 Å². The van der Waals surface area contributed by atoms with Crippen LogP contribution in [-0.2, 0) is 4.74 Å². The molecule has 8 heteroatoms. The maximum Gasteiger partial charge on any atom is 0.341 e. The molecule has 0 saturated heterocycles. The summed E-state index contributed by atoms with van der Waals surface area (Å²) in [7, 11) is 0. The summed E-state index contributed by atoms with van der Waals surface area (Å²) in [6.07, 6.45) is 1.36. The van der Waals surface area contributed by atoms with E-state index in [1.165, 1.54) is 6.20 Å². The molecule has 0 aliphatic rings. The summed E-state index contributed by atoms with van der Waals surface area (Å²) in [4.78, 5) is 23.0. The van der Waals surface area contributed by atoms with Crippen molar-refractivity contribution in [1.29, 1.82) is 0 Å². The second kappa shape index (κ2) is 8.12. The van der Waals surface area contributed by atoms with Crippen molar-refractivity contribution >= 4 is 28.5 Å². The van der Waals surface area contributed by atoms with E-state index in [4.69, 9.17) is 4.74 Å². The van der Waals surface area contributed by atoms with Crippen molar-refractivity contribution in [1.82, 2.24) is 15.0 Å². The number of aromatic hydroxyl groups is 1. The lowest BCUT2D eigenvalue weighted by Crippen LogP contribution is -2.08. The molecule has 30 heavy (non-hydrogen) atoms. The Morgan fingerprint density at radius 1 is 1.13 bits per heavy atom. The van der Waals surface area contributed by atoms with Crippen LogP contribution in [0.25, 0.3) is 22.0 Å². The van der Waals surface area contributed by atoms with Crippen LogP contribution in [0.4, 0.5) is 11.6 Å². The Morgan fingerprint density at radius 2 is 1.93 bits per heavy atom. The fraction of sp³-hybridized carbons (Fsp3) is 0.136. The van der Waals surface area contributed by atoms with Gasteiger partial charge in [0.05, 0.1) is 23.4 Å². The Morgan fingerprint density at radius 3 is 2.67 bits per heavy atom. The van der Waals surface area contributed by atoms with Crippen LogP contribution in [0.1, 0.15) is 23.0 Å². The molecular weight excluding hydrogens is 382 g/mol. The van der Waals surface area contributed by atoms with E-state index in [1.54, 1.807) is 13.8 Å². The molecule has 8 nitrogen and oxygen atoms in total. The molecular formula is C22H19N5O3. The molecule has 4 rings (SSSR count). The zero-order chi connectivity index (χ0) is 21.1. The van der Waals surface area contributed by atoms with Crippen LogP contribution in [0.15, 0.2) is 65.0 Å². The van der Waals surface area contributed by atoms with Gasteiger partial charge < -0.3 is 14.8 Å². The van der Waals surface area contributed by atoms with Gasteiger partial charge in [-0.05, 0) is 37.1 Å². The number of aromatic nitrogens is 3. The molecule has 0 amide bonds. The van der Waals surface area contributed by atoms with Gasteiger partial charge >= 0.3 is 5.97 Å². The first-order valence-corrected chi connectivity index (χ1v) is 9.39. The molecule has 0 spiro atoms. The topological polar surface area (TPSA) is 113 Å². The monoisotopic (exact) mass is 401 g/mol. The summed E-state index contributed by atoms with van der Waals surface area (Å²) < 4.78 is 4.97. The molecule has 2 heterocycles. The van der Waals surface area contributed by atoms with Crippen LogP contribution >= 0.6 is 0 Å². The Kier molecular flexibility index (Phi) is 5.21. The average Bonchev–Trinajstić information content (AvgIpc) is 3.07. The number of aromatic amines is 1. The van der Waals surface area contributed by atoms with Crippen LogP contribution in [0.5, 0.6) is 5.88 Å². The zero-order valence-corrected chi connectivity index (χ0v) is 16.5. The van der Waals surface area contributed by atoms with Crippen LogP contribution < -0.4 is 0 Å². The van der Waals surface area contributed by atoms with E-state index < -0.39 is 5.97 Å². The lowest BCUT2D eigenvalue weighted by atomic mass is 10.0. The minimum atomic E-state index is -0.485. The Balaban J connectivity index is 1.68. The van der Waals surface area contributed by atoms with Crippen molar-refractivity contribution in [3.63, 3.8) is 0 Å². The van der Waals surface area contributed by atoms with Gasteiger partial charge in [-0.1, -0.05) is 36.4 Å². The van der Waals surface area contributed by atoms with Gasteiger partial charge in [-0.2, -0.15) is 0 Å². The number of ether oxygens (including phenoxy) is 1. The fourth-order valence-electron chi connectivity index (χ4n) is 3.08. The molecule has 2 aromatic heterocycles. The van der Waals surface area contributed by atoms with E-state index in [9.17, 15) is 9.90 Å². The van der Waals surface area contributed by atoms with Crippen molar-refractivity contribution in [3.05, 3.63) is 66.0 Å². The smallest absolute Gasteiger partial charge is 0.341 e. The average molecular weight is 401 g/mol. The number of carbonyl (C=O) groups excluding carboxylic acids is 1. The number of esters is 1. The predicted octanol–water partition coefficient (Wildman–Crippen LogP) is 5.23. The highest BCUT2D eigenvalue weighted by atomic mass is 16.5. The van der Waals surface area contributed by atoms with Gasteiger partial charge in [-0.25, -0.2) is 14.8 Å². The molecule has 0 unspecified atom stereocenters. The molecule has 0 saturated carbocycles. The van der Waals surface area contributed by atoms with Crippen molar-refractivity contribution < 1.29 is 14.6 Å². The number of benzene rings is 2. The largest absolute Gasteiger partial charge is 0.493 e. The number of hydrogen-bond donors (Lipinski definition) is 2. The molecule has 2 aromatic carbocycles. The lowest BCUT2D eigenvalue weighted by Gasteiger charge is -2.04. The van der Waals surface area contributed by atoms with Gasteiger partial charge in [0.1, 0.15) is 0 Å². The third kappa shape index (κ3) is 3.75. The van der Waals surface area contributed by atoms with E-state index in [-0.39, 0.29) is 24.0 Å². The van der Waals surface area contributed by atoms with E-state index in [1.807, 2.05) is 48.5 Å². The van der Waals surface area contributed by atoms with Gasteiger partial charge in [-0.3, -0.25) is 0 Å². The van der Waals surface area contributed by atoms with Gasteiger partial charge in [0, 0.05) is 11.6 Å². The molecule has 0 fully saturated rings. The zero-order valence-electron chi connectivity index (χ0n) is 16.5. The minimum Gasteiger partial charge on any atom is -0.493 e. The van der Waals surface area contributed by atoms with E-state index in [2.05, 4.69) is 25.2 Å².